The van der Waals surface area contributed by atoms with Crippen LogP contribution >= 0.6 is 11.3 Å². The highest BCUT2D eigenvalue weighted by Crippen LogP contribution is 2.35. The van der Waals surface area contributed by atoms with Crippen molar-refractivity contribution in [2.24, 2.45) is 0 Å². The van der Waals surface area contributed by atoms with Crippen molar-refractivity contribution in [2.75, 3.05) is 18.0 Å². The number of nitrogens with zero attached hydrogens (tertiary/aromatic N) is 3. The number of hydrogen-bond donors (Lipinski definition) is 2. The molecule has 2 aliphatic rings. The summed E-state index contributed by atoms with van der Waals surface area (Å²) in [6, 6.07) is 5.56. The van der Waals surface area contributed by atoms with Crippen LogP contribution < -0.4 is 10.2 Å². The number of aliphatic hydroxyl groups is 1. The van der Waals surface area contributed by atoms with E-state index in [2.05, 4.69) is 15.2 Å². The van der Waals surface area contributed by atoms with Gasteiger partial charge in [-0.2, -0.15) is 4.98 Å². The van der Waals surface area contributed by atoms with Gasteiger partial charge in [-0.25, -0.2) is 4.98 Å². The molecule has 2 atom stereocenters. The zero-order valence-electron chi connectivity index (χ0n) is 13.8. The molecule has 4 heterocycles. The van der Waals surface area contributed by atoms with Crippen molar-refractivity contribution >= 4 is 28.5 Å². The quantitative estimate of drug-likeness (QED) is 0.752. The molecule has 7 heteroatoms. The highest BCUT2D eigenvalue weighted by atomic mass is 32.1. The van der Waals surface area contributed by atoms with E-state index < -0.39 is 0 Å². The first kappa shape index (κ1) is 15.3. The van der Waals surface area contributed by atoms with Crippen LogP contribution in [-0.2, 0) is 6.61 Å². The molecule has 2 aromatic heterocycles. The number of aromatic nitrogens is 2. The Morgan fingerprint density at radius 2 is 2.12 bits per heavy atom. The second-order valence-electron chi connectivity index (χ2n) is 6.84. The average molecular weight is 356 g/mol. The predicted molar refractivity (Wildman–Crippen MR) is 97.8 cm³/mol. The van der Waals surface area contributed by atoms with Gasteiger partial charge in [-0.05, 0) is 18.9 Å². The molecule has 2 N–H and O–H groups in total. The van der Waals surface area contributed by atoms with Gasteiger partial charge in [-0.15, -0.1) is 11.3 Å². The standard InChI is InChI=1S/C18H20N4O2S/c23-10-11-4-5-14(17-19-6-7-25-17)16-15(11)21-18(24-16)22-8-12-2-1-3-13(9-22)20-12/h4-7,12-13,20,23H,1-3,8-10H2. The number of aliphatic hydroxyl groups excluding tert-OH is 1. The van der Waals surface area contributed by atoms with Gasteiger partial charge < -0.3 is 19.7 Å². The molecule has 3 aromatic rings. The maximum atomic E-state index is 9.69. The maximum Gasteiger partial charge on any atom is 0.298 e. The molecule has 130 valence electrons. The first-order valence-electron chi connectivity index (χ1n) is 8.76. The Morgan fingerprint density at radius 3 is 2.84 bits per heavy atom. The molecule has 0 radical (unpaired) electrons. The summed E-state index contributed by atoms with van der Waals surface area (Å²) in [5, 5.41) is 16.2. The second kappa shape index (κ2) is 6.09. The van der Waals surface area contributed by atoms with Crippen LogP contribution in [0.25, 0.3) is 21.7 Å². The largest absolute Gasteiger partial charge is 0.423 e. The monoisotopic (exact) mass is 356 g/mol. The van der Waals surface area contributed by atoms with Crippen LogP contribution in [0.15, 0.2) is 28.1 Å². The van der Waals surface area contributed by atoms with E-state index >= 15 is 0 Å². The van der Waals surface area contributed by atoms with E-state index in [-0.39, 0.29) is 6.61 Å². The minimum absolute atomic E-state index is 0.0482. The first-order valence-corrected chi connectivity index (χ1v) is 9.64. The lowest BCUT2D eigenvalue weighted by molar-refractivity contribution is 0.276. The molecule has 0 saturated carbocycles. The number of thiazole rings is 1. The van der Waals surface area contributed by atoms with E-state index in [9.17, 15) is 5.11 Å². The van der Waals surface area contributed by atoms with Gasteiger partial charge in [0.2, 0.25) is 0 Å². The Balaban J connectivity index is 1.59. The van der Waals surface area contributed by atoms with Crippen LogP contribution in [0.2, 0.25) is 0 Å². The summed E-state index contributed by atoms with van der Waals surface area (Å²) in [4.78, 5) is 11.4. The van der Waals surface area contributed by atoms with Crippen LogP contribution in [0.3, 0.4) is 0 Å². The highest BCUT2D eigenvalue weighted by molar-refractivity contribution is 7.13. The van der Waals surface area contributed by atoms with Gasteiger partial charge in [0.1, 0.15) is 10.5 Å². The van der Waals surface area contributed by atoms with Gasteiger partial charge in [0.25, 0.3) is 6.01 Å². The summed E-state index contributed by atoms with van der Waals surface area (Å²) in [5.74, 6) is 0. The van der Waals surface area contributed by atoms with Crippen LogP contribution in [-0.4, -0.2) is 40.2 Å². The molecule has 0 amide bonds. The molecule has 2 bridgehead atoms. The molecule has 0 aliphatic carbocycles. The van der Waals surface area contributed by atoms with Crippen molar-refractivity contribution < 1.29 is 9.52 Å². The number of anilines is 1. The molecular formula is C18H20N4O2S. The zero-order chi connectivity index (χ0) is 16.8. The molecule has 2 unspecified atom stereocenters. The fourth-order valence-corrected chi connectivity index (χ4v) is 4.66. The van der Waals surface area contributed by atoms with Gasteiger partial charge in [0, 0.05) is 42.3 Å². The summed E-state index contributed by atoms with van der Waals surface area (Å²) >= 11 is 1.58. The van der Waals surface area contributed by atoms with Crippen molar-refractivity contribution in [3.05, 3.63) is 29.3 Å². The SMILES string of the molecule is OCc1ccc(-c2nccs2)c2oc(N3CC4CCCC(C3)N4)nc12. The fourth-order valence-electron chi connectivity index (χ4n) is 4.00. The van der Waals surface area contributed by atoms with Crippen LogP contribution in [0.4, 0.5) is 6.01 Å². The van der Waals surface area contributed by atoms with Crippen molar-refractivity contribution in [1.82, 2.24) is 15.3 Å². The fraction of sp³-hybridized carbons (Fsp3) is 0.444. The van der Waals surface area contributed by atoms with Crippen molar-refractivity contribution in [3.63, 3.8) is 0 Å². The predicted octanol–water partition coefficient (Wildman–Crippen LogP) is 2.77. The van der Waals surface area contributed by atoms with Crippen LogP contribution in [0.5, 0.6) is 0 Å². The van der Waals surface area contributed by atoms with E-state index in [1.165, 1.54) is 19.3 Å². The summed E-state index contributed by atoms with van der Waals surface area (Å²) in [6.45, 7) is 1.79. The van der Waals surface area contributed by atoms with Gasteiger partial charge in [-0.3, -0.25) is 0 Å². The third-order valence-electron chi connectivity index (χ3n) is 5.18. The summed E-state index contributed by atoms with van der Waals surface area (Å²) in [7, 11) is 0. The Kier molecular flexibility index (Phi) is 3.73. The number of fused-ring (bicyclic) bond motifs is 3. The molecule has 5 rings (SSSR count). The first-order chi connectivity index (χ1) is 12.3. The van der Waals surface area contributed by atoms with Crippen molar-refractivity contribution in [2.45, 2.75) is 38.0 Å². The molecular weight excluding hydrogens is 336 g/mol. The minimum Gasteiger partial charge on any atom is -0.423 e. The maximum absolute atomic E-state index is 9.69. The zero-order valence-corrected chi connectivity index (χ0v) is 14.6. The van der Waals surface area contributed by atoms with Crippen LogP contribution in [0.1, 0.15) is 24.8 Å². The molecule has 2 aliphatic heterocycles. The van der Waals surface area contributed by atoms with E-state index in [0.29, 0.717) is 18.1 Å². The second-order valence-corrected chi connectivity index (χ2v) is 7.73. The minimum atomic E-state index is -0.0482. The van der Waals surface area contributed by atoms with Gasteiger partial charge in [-0.1, -0.05) is 12.5 Å². The molecule has 2 saturated heterocycles. The number of benzene rings is 1. The molecule has 0 spiro atoms. The Morgan fingerprint density at radius 1 is 1.28 bits per heavy atom. The van der Waals surface area contributed by atoms with Gasteiger partial charge in [0.05, 0.1) is 12.2 Å². The molecule has 2 fully saturated rings. The summed E-state index contributed by atoms with van der Waals surface area (Å²) < 4.78 is 6.21. The number of nitrogens with one attached hydrogen (secondary N) is 1. The number of piperazine rings is 1. The number of rotatable bonds is 3. The number of piperidine rings is 1. The lowest BCUT2D eigenvalue weighted by Gasteiger charge is -2.41. The van der Waals surface area contributed by atoms with E-state index in [1.807, 2.05) is 17.5 Å². The third kappa shape index (κ3) is 2.63. The van der Waals surface area contributed by atoms with Crippen LogP contribution in [0, 0.1) is 0 Å². The average Bonchev–Trinajstić information content (AvgIpc) is 3.30. The summed E-state index contributed by atoms with van der Waals surface area (Å²) in [6.07, 6.45) is 5.51. The van der Waals surface area contributed by atoms with Crippen molar-refractivity contribution in [3.8, 4) is 10.6 Å². The Bertz CT molecular complexity index is 880. The normalized spacial score (nSPS) is 23.3. The van der Waals surface area contributed by atoms with E-state index in [1.54, 1.807) is 17.5 Å². The van der Waals surface area contributed by atoms with Gasteiger partial charge >= 0.3 is 0 Å². The lowest BCUT2D eigenvalue weighted by atomic mass is 9.94. The molecule has 1 aromatic carbocycles. The Hall–Kier alpha value is -1.96. The number of oxazole rings is 1. The van der Waals surface area contributed by atoms with E-state index in [4.69, 9.17) is 9.40 Å². The van der Waals surface area contributed by atoms with Gasteiger partial charge in [0.15, 0.2) is 5.58 Å². The highest BCUT2D eigenvalue weighted by Gasteiger charge is 2.32. The Labute approximate surface area is 149 Å². The molecule has 25 heavy (non-hydrogen) atoms. The lowest BCUT2D eigenvalue weighted by Crippen LogP contribution is -2.58. The smallest absolute Gasteiger partial charge is 0.298 e. The van der Waals surface area contributed by atoms with E-state index in [0.717, 1.165) is 40.3 Å². The summed E-state index contributed by atoms with van der Waals surface area (Å²) in [5.41, 5.74) is 3.20. The topological polar surface area (TPSA) is 74.4 Å². The van der Waals surface area contributed by atoms with Crippen molar-refractivity contribution in [1.29, 1.82) is 0 Å². The third-order valence-corrected chi connectivity index (χ3v) is 5.98. The molecule has 6 nitrogen and oxygen atoms in total. The number of hydrogen-bond acceptors (Lipinski definition) is 7.